The second kappa shape index (κ2) is 19.4. The summed E-state index contributed by atoms with van der Waals surface area (Å²) >= 11 is 0. The standard InChI is InChI=1S/C40H54FN7O7/c1-54-38(51)8-4-5-15-42-26-36(49)46-18-13-30(14-19-46)55-29-11-16-45(17-12-29)27-37(50)47-20-22-48(23-21-47)40(53)33-24-28(9-10-34(33)41)25-35-31-6-2-3-7-32(31)39(52)44-43-35/h6-7,9-10,24,29-30,42H,2-5,8,11-23,25-27H2,1H3,(H,44,52). The van der Waals surface area contributed by atoms with Crippen molar-refractivity contribution >= 4 is 35.8 Å². The highest BCUT2D eigenvalue weighted by Gasteiger charge is 2.30. The van der Waals surface area contributed by atoms with Gasteiger partial charge in [-0.1, -0.05) is 18.2 Å². The molecule has 0 unspecified atom stereocenters. The number of methoxy groups -OCH3 is 1. The number of unbranched alkanes of at least 4 members (excludes halogenated alkanes) is 1. The van der Waals surface area contributed by atoms with Gasteiger partial charge >= 0.3 is 5.97 Å². The Balaban J connectivity index is 0.876. The first-order valence-electron chi connectivity index (χ1n) is 19.7. The van der Waals surface area contributed by atoms with Crippen LogP contribution in [0.25, 0.3) is 12.2 Å². The summed E-state index contributed by atoms with van der Waals surface area (Å²) in [5.74, 6) is -1.10. The van der Waals surface area contributed by atoms with Gasteiger partial charge in [-0.15, -0.1) is 0 Å². The molecule has 3 amide bonds. The summed E-state index contributed by atoms with van der Waals surface area (Å²) in [6.45, 7) is 5.60. The monoisotopic (exact) mass is 763 g/mol. The molecule has 1 aromatic heterocycles. The van der Waals surface area contributed by atoms with Gasteiger partial charge < -0.3 is 29.5 Å². The van der Waals surface area contributed by atoms with E-state index in [2.05, 4.69) is 25.2 Å². The van der Waals surface area contributed by atoms with Crippen LogP contribution in [0.4, 0.5) is 4.39 Å². The van der Waals surface area contributed by atoms with Gasteiger partial charge in [0.25, 0.3) is 11.5 Å². The molecule has 0 spiro atoms. The number of carbonyl (C=O) groups excluding carboxylic acids is 4. The lowest BCUT2D eigenvalue weighted by molar-refractivity contribution is -0.140. The summed E-state index contributed by atoms with van der Waals surface area (Å²) in [5.41, 5.74) is 1.16. The number of H-pyrrole nitrogens is 1. The number of nitrogens with zero attached hydrogens (tertiary/aromatic N) is 5. The van der Waals surface area contributed by atoms with Gasteiger partial charge in [0.15, 0.2) is 0 Å². The third-order valence-corrected chi connectivity index (χ3v) is 11.1. The molecule has 1 aliphatic carbocycles. The number of aromatic amines is 1. The predicted molar refractivity (Wildman–Crippen MR) is 203 cm³/mol. The van der Waals surface area contributed by atoms with E-state index in [0.29, 0.717) is 82.7 Å². The molecule has 0 atom stereocenters. The second-order valence-electron chi connectivity index (χ2n) is 14.9. The van der Waals surface area contributed by atoms with E-state index in [1.54, 1.807) is 21.9 Å². The number of carbonyl (C=O) groups is 4. The van der Waals surface area contributed by atoms with Gasteiger partial charge in [0.1, 0.15) is 5.82 Å². The second-order valence-corrected chi connectivity index (χ2v) is 14.9. The van der Waals surface area contributed by atoms with E-state index in [1.807, 2.05) is 17.1 Å². The number of halogens is 1. The summed E-state index contributed by atoms with van der Waals surface area (Å²) in [6, 6.07) is 4.51. The van der Waals surface area contributed by atoms with Gasteiger partial charge in [0.05, 0.1) is 43.7 Å². The zero-order valence-corrected chi connectivity index (χ0v) is 31.9. The molecule has 1 aromatic carbocycles. The van der Waals surface area contributed by atoms with Crippen LogP contribution in [0.5, 0.6) is 0 Å². The highest BCUT2D eigenvalue weighted by Crippen LogP contribution is 2.22. The number of rotatable bonds is 14. The molecule has 6 rings (SSSR count). The predicted octanol–water partition coefficient (Wildman–Crippen LogP) is 0.544. The minimum atomic E-state index is -0.595. The van der Waals surface area contributed by atoms with Crippen molar-refractivity contribution in [3.8, 4) is 0 Å². The lowest BCUT2D eigenvalue weighted by Crippen LogP contribution is -2.53. The minimum Gasteiger partial charge on any atom is -0.469 e. The van der Waals surface area contributed by atoms with Crippen molar-refractivity contribution in [2.75, 3.05) is 79.1 Å². The zero-order chi connectivity index (χ0) is 38.7. The number of ether oxygens (including phenoxy) is 2. The Kier molecular flexibility index (Phi) is 14.2. The first-order valence-corrected chi connectivity index (χ1v) is 19.7. The number of nitrogens with one attached hydrogen (secondary N) is 2. The fourth-order valence-electron chi connectivity index (χ4n) is 7.84. The molecule has 0 saturated carbocycles. The number of aromatic nitrogens is 2. The molecule has 3 aliphatic heterocycles. The Morgan fingerprint density at radius 1 is 0.855 bits per heavy atom. The Hall–Kier alpha value is -4.47. The summed E-state index contributed by atoms with van der Waals surface area (Å²) in [5, 5.41) is 11.4. The molecule has 2 aromatic rings. The molecule has 15 heteroatoms. The number of likely N-dealkylation sites (tertiary alicyclic amines) is 2. The van der Waals surface area contributed by atoms with Crippen LogP contribution in [0.15, 0.2) is 23.0 Å². The van der Waals surface area contributed by atoms with Crippen molar-refractivity contribution in [2.45, 2.75) is 76.4 Å². The highest BCUT2D eigenvalue weighted by molar-refractivity contribution is 5.95. The molecule has 14 nitrogen and oxygen atoms in total. The van der Waals surface area contributed by atoms with Gasteiger partial charge in [-0.2, -0.15) is 5.10 Å². The Bertz CT molecular complexity index is 1860. The average molecular weight is 764 g/mol. The molecule has 0 radical (unpaired) electrons. The van der Waals surface area contributed by atoms with Gasteiger partial charge in [0, 0.05) is 75.6 Å². The fourth-order valence-corrected chi connectivity index (χ4v) is 7.84. The van der Waals surface area contributed by atoms with Crippen molar-refractivity contribution < 1.29 is 33.0 Å². The molecule has 4 heterocycles. The molecule has 3 saturated heterocycles. The quantitative estimate of drug-likeness (QED) is 0.206. The molecule has 3 fully saturated rings. The van der Waals surface area contributed by atoms with Gasteiger partial charge in [-0.05, 0) is 75.6 Å². The molecule has 4 aliphatic rings. The number of hydrogen-bond acceptors (Lipinski definition) is 10. The van der Waals surface area contributed by atoms with Crippen molar-refractivity contribution in [3.63, 3.8) is 0 Å². The number of fused-ring (bicyclic) bond motifs is 1. The van der Waals surface area contributed by atoms with Crippen LogP contribution in [0, 0.1) is 5.82 Å². The summed E-state index contributed by atoms with van der Waals surface area (Å²) in [6.07, 6.45) is 11.4. The average Bonchev–Trinajstić information content (AvgIpc) is 3.21. The van der Waals surface area contributed by atoms with Crippen LogP contribution in [-0.4, -0.2) is 145 Å². The maximum Gasteiger partial charge on any atom is 0.305 e. The third-order valence-electron chi connectivity index (χ3n) is 11.1. The van der Waals surface area contributed by atoms with E-state index in [0.717, 1.165) is 75.2 Å². The summed E-state index contributed by atoms with van der Waals surface area (Å²) < 4.78 is 26.0. The van der Waals surface area contributed by atoms with E-state index in [-0.39, 0.29) is 41.1 Å². The highest BCUT2D eigenvalue weighted by atomic mass is 19.1. The van der Waals surface area contributed by atoms with Crippen LogP contribution < -0.4 is 21.3 Å². The number of benzene rings is 1. The Labute approximate surface area is 320 Å². The van der Waals surface area contributed by atoms with Crippen molar-refractivity contribution in [1.82, 2.24) is 35.1 Å². The van der Waals surface area contributed by atoms with E-state index >= 15 is 0 Å². The van der Waals surface area contributed by atoms with Crippen LogP contribution >= 0.6 is 0 Å². The Morgan fingerprint density at radius 2 is 1.51 bits per heavy atom. The number of piperidine rings is 2. The lowest BCUT2D eigenvalue weighted by atomic mass is 10.0. The molecule has 0 bridgehead atoms. The summed E-state index contributed by atoms with van der Waals surface area (Å²) in [7, 11) is 1.38. The van der Waals surface area contributed by atoms with Gasteiger partial charge in [-0.3, -0.25) is 28.9 Å². The minimum absolute atomic E-state index is 0.00987. The van der Waals surface area contributed by atoms with Crippen LogP contribution in [0.1, 0.15) is 79.4 Å². The van der Waals surface area contributed by atoms with Crippen LogP contribution in [0.3, 0.4) is 0 Å². The van der Waals surface area contributed by atoms with Crippen LogP contribution in [-0.2, 0) is 30.3 Å². The first kappa shape index (κ1) is 40.2. The van der Waals surface area contributed by atoms with Crippen molar-refractivity contribution in [2.24, 2.45) is 0 Å². The molecular formula is C40H54FN7O7. The maximum absolute atomic E-state index is 15.0. The topological polar surface area (TPSA) is 157 Å². The van der Waals surface area contributed by atoms with Gasteiger partial charge in [0.2, 0.25) is 11.8 Å². The number of hydrogen-bond donors (Lipinski definition) is 2. The molecule has 55 heavy (non-hydrogen) atoms. The maximum atomic E-state index is 15.0. The molecule has 298 valence electrons. The summed E-state index contributed by atoms with van der Waals surface area (Å²) in [4.78, 5) is 70.2. The van der Waals surface area contributed by atoms with Crippen molar-refractivity contribution in [3.05, 3.63) is 61.6 Å². The number of amides is 3. The molecule has 2 N–H and O–H groups in total. The Morgan fingerprint density at radius 3 is 2.22 bits per heavy atom. The number of piperazine rings is 1. The fraction of sp³-hybridized carbons (Fsp3) is 0.600. The van der Waals surface area contributed by atoms with Gasteiger partial charge in [-0.25, -0.2) is 9.49 Å². The molecular weight excluding hydrogens is 709 g/mol. The third kappa shape index (κ3) is 10.9. The van der Waals surface area contributed by atoms with Crippen LogP contribution in [0.2, 0.25) is 0 Å². The normalized spacial score (nSPS) is 18.3. The van der Waals surface area contributed by atoms with E-state index in [9.17, 15) is 28.4 Å². The smallest absolute Gasteiger partial charge is 0.305 e. The zero-order valence-electron chi connectivity index (χ0n) is 31.9. The van der Waals surface area contributed by atoms with E-state index < -0.39 is 11.7 Å². The number of esters is 1. The van der Waals surface area contributed by atoms with E-state index in [4.69, 9.17) is 4.74 Å². The van der Waals surface area contributed by atoms with E-state index in [1.165, 1.54) is 13.2 Å². The first-order chi connectivity index (χ1) is 26.7. The SMILES string of the molecule is COC(=O)CCCCNCC(=O)N1CCC(OC2CCN(CC(=O)N3CCN(C(=O)c4cc(Cc5n[nH]c(=O)c6c5=CCCC=6)ccc4F)CC3)CC2)CC1. The van der Waals surface area contributed by atoms with Crippen molar-refractivity contribution in [1.29, 1.82) is 0 Å². The lowest BCUT2D eigenvalue weighted by Gasteiger charge is -2.38. The largest absolute Gasteiger partial charge is 0.469 e.